The molecule has 0 amide bonds. The summed E-state index contributed by atoms with van der Waals surface area (Å²) in [7, 11) is 0. The molecule has 6 heteroatoms. The molecule has 0 fully saturated rings. The van der Waals surface area contributed by atoms with Crippen molar-refractivity contribution < 1.29 is 19.4 Å². The van der Waals surface area contributed by atoms with Crippen LogP contribution in [-0.2, 0) is 6.42 Å². The van der Waals surface area contributed by atoms with E-state index in [1.165, 1.54) is 12.1 Å². The smallest absolute Gasteiger partial charge is 0.196 e. The van der Waals surface area contributed by atoms with Gasteiger partial charge in [-0.3, -0.25) is 9.59 Å². The highest BCUT2D eigenvalue weighted by atomic mass is 16.5. The summed E-state index contributed by atoms with van der Waals surface area (Å²) in [6, 6.07) is 12.8. The molecule has 0 unspecified atom stereocenters. The van der Waals surface area contributed by atoms with E-state index >= 15 is 0 Å². The Morgan fingerprint density at radius 1 is 0.893 bits per heavy atom. The highest BCUT2D eigenvalue weighted by Gasteiger charge is 2.34. The number of ether oxygens (including phenoxy) is 1. The summed E-state index contributed by atoms with van der Waals surface area (Å²) >= 11 is 0. The van der Waals surface area contributed by atoms with E-state index in [1.807, 2.05) is 6.92 Å². The van der Waals surface area contributed by atoms with E-state index < -0.39 is 0 Å². The summed E-state index contributed by atoms with van der Waals surface area (Å²) in [4.78, 5) is 25.9. The molecule has 0 saturated heterocycles. The van der Waals surface area contributed by atoms with Crippen LogP contribution in [-0.4, -0.2) is 16.7 Å². The predicted octanol–water partition coefficient (Wildman–Crippen LogP) is 3.69. The summed E-state index contributed by atoms with van der Waals surface area (Å²) in [5.74, 6) is 0.110. The number of carbonyl (C=O) groups is 2. The van der Waals surface area contributed by atoms with E-state index in [4.69, 9.17) is 16.2 Å². The van der Waals surface area contributed by atoms with E-state index in [2.05, 4.69) is 0 Å². The quantitative estimate of drug-likeness (QED) is 0.471. The Balaban J connectivity index is 1.87. The lowest BCUT2D eigenvalue weighted by atomic mass is 9.82. The van der Waals surface area contributed by atoms with Crippen LogP contribution in [0.1, 0.15) is 44.3 Å². The molecule has 0 saturated carbocycles. The Hall–Kier alpha value is -3.80. The third-order valence-electron chi connectivity index (χ3n) is 4.88. The summed E-state index contributed by atoms with van der Waals surface area (Å²) < 4.78 is 5.93. The van der Waals surface area contributed by atoms with Crippen molar-refractivity contribution >= 4 is 22.9 Å². The summed E-state index contributed by atoms with van der Waals surface area (Å²) in [5, 5.41) is 9.67. The molecule has 0 heterocycles. The molecule has 3 aromatic carbocycles. The van der Waals surface area contributed by atoms with Gasteiger partial charge >= 0.3 is 0 Å². The number of rotatable bonds is 3. The lowest BCUT2D eigenvalue weighted by molar-refractivity contribution is 0.0980. The Morgan fingerprint density at radius 3 is 2.18 bits per heavy atom. The number of aryl methyl sites for hydroxylation is 1. The molecular weight excluding hydrogens is 356 g/mol. The topological polar surface area (TPSA) is 116 Å². The van der Waals surface area contributed by atoms with Gasteiger partial charge in [0.1, 0.15) is 11.5 Å². The van der Waals surface area contributed by atoms with Gasteiger partial charge in [0.2, 0.25) is 0 Å². The minimum Gasteiger partial charge on any atom is -0.508 e. The van der Waals surface area contributed by atoms with Gasteiger partial charge in [0, 0.05) is 22.9 Å². The van der Waals surface area contributed by atoms with E-state index in [-0.39, 0.29) is 45.6 Å². The first-order valence-electron chi connectivity index (χ1n) is 8.82. The molecular formula is C22H18N2O4. The van der Waals surface area contributed by atoms with Crippen LogP contribution in [0.4, 0.5) is 11.4 Å². The number of benzene rings is 3. The van der Waals surface area contributed by atoms with Crippen molar-refractivity contribution in [1.82, 2.24) is 0 Å². The molecule has 0 radical (unpaired) electrons. The molecule has 0 bridgehead atoms. The lowest BCUT2D eigenvalue weighted by Crippen LogP contribution is -2.24. The lowest BCUT2D eigenvalue weighted by Gasteiger charge is -2.22. The Bertz CT molecular complexity index is 1150. The summed E-state index contributed by atoms with van der Waals surface area (Å²) in [6.45, 7) is 1.92. The van der Waals surface area contributed by atoms with Gasteiger partial charge in [-0.25, -0.2) is 0 Å². The van der Waals surface area contributed by atoms with Crippen molar-refractivity contribution in [2.24, 2.45) is 0 Å². The largest absolute Gasteiger partial charge is 0.508 e. The SMILES string of the molecule is CCc1cc(O)ccc1Oc1cc(N)c2c(c1N)C(=O)c1ccccc1C2=O. The zero-order chi connectivity index (χ0) is 20.0. The Labute approximate surface area is 161 Å². The monoisotopic (exact) mass is 374 g/mol. The molecule has 4 rings (SSSR count). The number of carbonyl (C=O) groups excluding carboxylic acids is 2. The fourth-order valence-corrected chi connectivity index (χ4v) is 3.47. The van der Waals surface area contributed by atoms with Gasteiger partial charge < -0.3 is 21.3 Å². The van der Waals surface area contributed by atoms with Crippen LogP contribution in [0.2, 0.25) is 0 Å². The fraction of sp³-hybridized carbons (Fsp3) is 0.0909. The predicted molar refractivity (Wildman–Crippen MR) is 106 cm³/mol. The van der Waals surface area contributed by atoms with Crippen LogP contribution in [0.25, 0.3) is 0 Å². The van der Waals surface area contributed by atoms with Gasteiger partial charge in [-0.2, -0.15) is 0 Å². The van der Waals surface area contributed by atoms with Gasteiger partial charge in [-0.1, -0.05) is 31.2 Å². The van der Waals surface area contributed by atoms with Crippen molar-refractivity contribution in [2.45, 2.75) is 13.3 Å². The van der Waals surface area contributed by atoms with Gasteiger partial charge in [0.15, 0.2) is 17.3 Å². The zero-order valence-corrected chi connectivity index (χ0v) is 15.2. The molecule has 3 aromatic rings. The second-order valence-electron chi connectivity index (χ2n) is 6.58. The number of anilines is 2. The first-order chi connectivity index (χ1) is 13.4. The maximum Gasteiger partial charge on any atom is 0.196 e. The van der Waals surface area contributed by atoms with Gasteiger partial charge in [-0.05, 0) is 30.2 Å². The minimum absolute atomic E-state index is 0.0622. The van der Waals surface area contributed by atoms with Crippen LogP contribution < -0.4 is 16.2 Å². The standard InChI is InChI=1S/C22H18N2O4/c1-2-11-9-12(25)7-8-16(11)28-17-10-15(23)18-19(20(17)24)22(27)14-6-4-3-5-13(14)21(18)26/h3-10,25H,2,23-24H2,1H3. The second-order valence-corrected chi connectivity index (χ2v) is 6.58. The number of aromatic hydroxyl groups is 1. The number of fused-ring (bicyclic) bond motifs is 2. The third-order valence-corrected chi connectivity index (χ3v) is 4.88. The molecule has 28 heavy (non-hydrogen) atoms. The number of hydrogen-bond acceptors (Lipinski definition) is 6. The summed E-state index contributed by atoms with van der Waals surface area (Å²) in [5.41, 5.74) is 14.1. The molecule has 1 aliphatic rings. The molecule has 140 valence electrons. The van der Waals surface area contributed by atoms with Crippen molar-refractivity contribution in [3.8, 4) is 17.2 Å². The van der Waals surface area contributed by atoms with Crippen LogP contribution in [0.15, 0.2) is 48.5 Å². The van der Waals surface area contributed by atoms with Gasteiger partial charge in [0.05, 0.1) is 16.8 Å². The molecule has 1 aliphatic carbocycles. The summed E-state index contributed by atoms with van der Waals surface area (Å²) in [6.07, 6.45) is 0.620. The highest BCUT2D eigenvalue weighted by molar-refractivity contribution is 6.32. The zero-order valence-electron chi connectivity index (χ0n) is 15.2. The van der Waals surface area contributed by atoms with E-state index in [0.717, 1.165) is 5.56 Å². The molecule has 0 spiro atoms. The number of nitrogens with two attached hydrogens (primary N) is 2. The number of ketones is 2. The van der Waals surface area contributed by atoms with Crippen LogP contribution in [0.3, 0.4) is 0 Å². The van der Waals surface area contributed by atoms with Gasteiger partial charge in [0.25, 0.3) is 0 Å². The van der Waals surface area contributed by atoms with Gasteiger partial charge in [-0.15, -0.1) is 0 Å². The van der Waals surface area contributed by atoms with Crippen molar-refractivity contribution in [2.75, 3.05) is 11.5 Å². The van der Waals surface area contributed by atoms with Crippen LogP contribution >= 0.6 is 0 Å². The molecule has 0 aliphatic heterocycles. The van der Waals surface area contributed by atoms with Crippen molar-refractivity contribution in [1.29, 1.82) is 0 Å². The Kier molecular flexibility index (Phi) is 4.04. The van der Waals surface area contributed by atoms with E-state index in [9.17, 15) is 14.7 Å². The number of hydrogen-bond donors (Lipinski definition) is 3. The van der Waals surface area contributed by atoms with Crippen LogP contribution in [0.5, 0.6) is 17.2 Å². The molecule has 0 atom stereocenters. The highest BCUT2D eigenvalue weighted by Crippen LogP contribution is 2.41. The maximum absolute atomic E-state index is 13.0. The molecule has 0 aromatic heterocycles. The van der Waals surface area contributed by atoms with E-state index in [1.54, 1.807) is 36.4 Å². The Morgan fingerprint density at radius 2 is 1.54 bits per heavy atom. The average molecular weight is 374 g/mol. The average Bonchev–Trinajstić information content (AvgIpc) is 2.69. The first kappa shape index (κ1) is 17.6. The number of nitrogen functional groups attached to an aromatic ring is 2. The minimum atomic E-state index is -0.360. The third kappa shape index (κ3) is 2.58. The fourth-order valence-electron chi connectivity index (χ4n) is 3.47. The first-order valence-corrected chi connectivity index (χ1v) is 8.82. The number of phenolic OH excluding ortho intramolecular Hbond substituents is 1. The van der Waals surface area contributed by atoms with Crippen molar-refractivity contribution in [3.63, 3.8) is 0 Å². The van der Waals surface area contributed by atoms with Crippen molar-refractivity contribution in [3.05, 3.63) is 76.3 Å². The number of phenols is 1. The van der Waals surface area contributed by atoms with E-state index in [0.29, 0.717) is 23.3 Å². The second kappa shape index (κ2) is 6.42. The van der Waals surface area contributed by atoms with Crippen LogP contribution in [0, 0.1) is 0 Å². The normalized spacial score (nSPS) is 12.5. The molecule has 6 nitrogen and oxygen atoms in total. The maximum atomic E-state index is 13.0. The molecule has 5 N–H and O–H groups in total.